The Bertz CT molecular complexity index is 989. The van der Waals surface area contributed by atoms with Crippen LogP contribution in [0.25, 0.3) is 0 Å². The van der Waals surface area contributed by atoms with Crippen molar-refractivity contribution >= 4 is 15.7 Å². The van der Waals surface area contributed by atoms with Gasteiger partial charge in [-0.1, -0.05) is 25.1 Å². The molecule has 0 aliphatic heterocycles. The average molecular weight is 458 g/mol. The fraction of sp³-hybridized carbons (Fsp3) is 0.409. The lowest BCUT2D eigenvalue weighted by molar-refractivity contribution is -0.137. The van der Waals surface area contributed by atoms with Crippen molar-refractivity contribution in [1.82, 2.24) is 4.90 Å². The van der Waals surface area contributed by atoms with E-state index in [1.165, 1.54) is 24.3 Å². The van der Waals surface area contributed by atoms with E-state index in [0.717, 1.165) is 18.4 Å². The van der Waals surface area contributed by atoms with Gasteiger partial charge in [-0.3, -0.25) is 4.79 Å². The highest BCUT2D eigenvalue weighted by Gasteiger charge is 2.30. The highest BCUT2D eigenvalue weighted by atomic mass is 32.2. The van der Waals surface area contributed by atoms with Gasteiger partial charge in [-0.05, 0) is 48.2 Å². The first-order valence-corrected chi connectivity index (χ1v) is 11.6. The zero-order valence-corrected chi connectivity index (χ0v) is 18.5. The van der Waals surface area contributed by atoms with E-state index >= 15 is 0 Å². The summed E-state index contributed by atoms with van der Waals surface area (Å²) >= 11 is 0. The number of hydrogen-bond donors (Lipinski definition) is 0. The number of benzene rings is 2. The Morgan fingerprint density at radius 2 is 1.77 bits per heavy atom. The van der Waals surface area contributed by atoms with Gasteiger partial charge in [-0.25, -0.2) is 8.42 Å². The summed E-state index contributed by atoms with van der Waals surface area (Å²) in [6, 6.07) is 11.1. The van der Waals surface area contributed by atoms with E-state index in [4.69, 9.17) is 4.74 Å². The third kappa shape index (κ3) is 7.57. The Hall–Kier alpha value is -2.55. The summed E-state index contributed by atoms with van der Waals surface area (Å²) < 4.78 is 66.7. The Balaban J connectivity index is 1.79. The Kier molecular flexibility index (Phi) is 8.11. The van der Waals surface area contributed by atoms with Crippen LogP contribution in [0.3, 0.4) is 0 Å². The number of nitrogens with zero attached hydrogens (tertiary/aromatic N) is 1. The highest BCUT2D eigenvalue weighted by Crippen LogP contribution is 2.30. The van der Waals surface area contributed by atoms with Crippen molar-refractivity contribution < 1.29 is 31.1 Å². The van der Waals surface area contributed by atoms with Crippen LogP contribution in [0, 0.1) is 0 Å². The molecule has 2 aromatic carbocycles. The second kappa shape index (κ2) is 10.2. The number of hydrogen-bond acceptors (Lipinski definition) is 4. The molecule has 170 valence electrons. The molecule has 0 aliphatic rings. The summed E-state index contributed by atoms with van der Waals surface area (Å²) in [5, 5.41) is 0. The standard InChI is InChI=1S/C22H26F3NO4S/c1-16(17-8-10-18(11-9-17)22(23,24)25)14-21(27)26(2)12-5-13-30-19-6-4-7-20(15-19)31(3,28)29/h4,6-11,15-16H,5,12-14H2,1-3H3. The molecular weight excluding hydrogens is 431 g/mol. The third-order valence-corrected chi connectivity index (χ3v) is 5.96. The van der Waals surface area contributed by atoms with E-state index in [0.29, 0.717) is 30.9 Å². The highest BCUT2D eigenvalue weighted by molar-refractivity contribution is 7.90. The second-order valence-corrected chi connectivity index (χ2v) is 9.51. The van der Waals surface area contributed by atoms with Gasteiger partial charge < -0.3 is 9.64 Å². The van der Waals surface area contributed by atoms with E-state index in [1.807, 2.05) is 0 Å². The monoisotopic (exact) mass is 457 g/mol. The van der Waals surface area contributed by atoms with Crippen LogP contribution >= 0.6 is 0 Å². The van der Waals surface area contributed by atoms with E-state index < -0.39 is 21.6 Å². The number of halogens is 3. The fourth-order valence-electron chi connectivity index (χ4n) is 2.95. The smallest absolute Gasteiger partial charge is 0.416 e. The summed E-state index contributed by atoms with van der Waals surface area (Å²) in [4.78, 5) is 14.1. The molecule has 0 radical (unpaired) electrons. The first-order valence-electron chi connectivity index (χ1n) is 9.72. The molecule has 0 N–H and O–H groups in total. The summed E-state index contributed by atoms with van der Waals surface area (Å²) in [7, 11) is -1.65. The minimum Gasteiger partial charge on any atom is -0.493 e. The molecular formula is C22H26F3NO4S. The number of alkyl halides is 3. The lowest BCUT2D eigenvalue weighted by Crippen LogP contribution is -2.29. The zero-order valence-electron chi connectivity index (χ0n) is 17.6. The number of sulfone groups is 1. The fourth-order valence-corrected chi connectivity index (χ4v) is 3.60. The van der Waals surface area contributed by atoms with Crippen molar-refractivity contribution in [3.63, 3.8) is 0 Å². The van der Waals surface area contributed by atoms with E-state index in [1.54, 1.807) is 31.0 Å². The minimum absolute atomic E-state index is 0.119. The molecule has 0 fully saturated rings. The van der Waals surface area contributed by atoms with Crippen LogP contribution in [0.1, 0.15) is 36.8 Å². The molecule has 1 unspecified atom stereocenters. The maximum atomic E-state index is 12.7. The first kappa shape index (κ1) is 24.7. The SMILES string of the molecule is CC(CC(=O)N(C)CCCOc1cccc(S(C)(=O)=O)c1)c1ccc(C(F)(F)F)cc1. The molecule has 0 saturated heterocycles. The molecule has 1 atom stereocenters. The van der Waals surface area contributed by atoms with E-state index in [9.17, 15) is 26.4 Å². The maximum Gasteiger partial charge on any atom is 0.416 e. The average Bonchev–Trinajstić information content (AvgIpc) is 2.70. The van der Waals surface area contributed by atoms with Gasteiger partial charge in [0.05, 0.1) is 17.1 Å². The van der Waals surface area contributed by atoms with E-state index in [2.05, 4.69) is 0 Å². The van der Waals surface area contributed by atoms with Gasteiger partial charge in [0.15, 0.2) is 9.84 Å². The number of rotatable bonds is 9. The first-order chi connectivity index (χ1) is 14.4. The van der Waals surface area contributed by atoms with Crippen LogP contribution in [-0.4, -0.2) is 45.7 Å². The third-order valence-electron chi connectivity index (χ3n) is 4.85. The molecule has 0 saturated carbocycles. The van der Waals surface area contributed by atoms with E-state index in [-0.39, 0.29) is 23.1 Å². The summed E-state index contributed by atoms with van der Waals surface area (Å²) in [6.07, 6.45) is -2.54. The molecule has 0 aromatic heterocycles. The quantitative estimate of drug-likeness (QED) is 0.519. The molecule has 1 amide bonds. The minimum atomic E-state index is -4.38. The Morgan fingerprint density at radius 1 is 1.13 bits per heavy atom. The Morgan fingerprint density at radius 3 is 2.35 bits per heavy atom. The van der Waals surface area contributed by atoms with Gasteiger partial charge in [-0.2, -0.15) is 13.2 Å². The van der Waals surface area contributed by atoms with Crippen LogP contribution in [-0.2, 0) is 20.8 Å². The van der Waals surface area contributed by atoms with Crippen LogP contribution < -0.4 is 4.74 Å². The molecule has 0 spiro atoms. The van der Waals surface area contributed by atoms with Gasteiger partial charge in [0.25, 0.3) is 0 Å². The number of ether oxygens (including phenoxy) is 1. The summed E-state index contributed by atoms with van der Waals surface area (Å²) in [5.41, 5.74) is -0.0437. The lowest BCUT2D eigenvalue weighted by Gasteiger charge is -2.20. The maximum absolute atomic E-state index is 12.7. The van der Waals surface area contributed by atoms with Crippen molar-refractivity contribution in [2.45, 2.75) is 36.8 Å². The Labute approximate surface area is 180 Å². The number of amides is 1. The zero-order chi connectivity index (χ0) is 23.2. The van der Waals surface area contributed by atoms with Crippen LogP contribution in [0.15, 0.2) is 53.4 Å². The van der Waals surface area contributed by atoms with Crippen molar-refractivity contribution in [3.05, 3.63) is 59.7 Å². The molecule has 0 heterocycles. The summed E-state index contributed by atoms with van der Waals surface area (Å²) in [5.74, 6) is 0.103. The van der Waals surface area contributed by atoms with Crippen molar-refractivity contribution in [1.29, 1.82) is 0 Å². The van der Waals surface area contributed by atoms with Crippen molar-refractivity contribution in [2.24, 2.45) is 0 Å². The normalized spacial score (nSPS) is 13.0. The summed E-state index contributed by atoms with van der Waals surface area (Å²) in [6.45, 7) is 2.54. The molecule has 0 aliphatic carbocycles. The van der Waals surface area contributed by atoms with Gasteiger partial charge in [0.1, 0.15) is 5.75 Å². The van der Waals surface area contributed by atoms with Crippen LogP contribution in [0.5, 0.6) is 5.75 Å². The van der Waals surface area contributed by atoms with Gasteiger partial charge >= 0.3 is 6.18 Å². The number of carbonyl (C=O) groups excluding carboxylic acids is 1. The van der Waals surface area contributed by atoms with Crippen molar-refractivity contribution in [3.8, 4) is 5.75 Å². The second-order valence-electron chi connectivity index (χ2n) is 7.49. The van der Waals surface area contributed by atoms with Gasteiger partial charge in [-0.15, -0.1) is 0 Å². The predicted molar refractivity (Wildman–Crippen MR) is 112 cm³/mol. The predicted octanol–water partition coefficient (Wildman–Crippen LogP) is 4.53. The molecule has 5 nitrogen and oxygen atoms in total. The molecule has 2 aromatic rings. The molecule has 0 bridgehead atoms. The number of carbonyl (C=O) groups is 1. The lowest BCUT2D eigenvalue weighted by atomic mass is 9.96. The molecule has 31 heavy (non-hydrogen) atoms. The topological polar surface area (TPSA) is 63.7 Å². The van der Waals surface area contributed by atoms with Crippen molar-refractivity contribution in [2.75, 3.05) is 26.5 Å². The molecule has 9 heteroatoms. The molecule has 2 rings (SSSR count). The van der Waals surface area contributed by atoms with Gasteiger partial charge in [0, 0.05) is 26.3 Å². The van der Waals surface area contributed by atoms with Gasteiger partial charge in [0.2, 0.25) is 5.91 Å². The van der Waals surface area contributed by atoms with Crippen LogP contribution in [0.4, 0.5) is 13.2 Å². The largest absolute Gasteiger partial charge is 0.493 e. The van der Waals surface area contributed by atoms with Crippen LogP contribution in [0.2, 0.25) is 0 Å².